The molecule has 1 amide bonds. The Morgan fingerprint density at radius 2 is 2.04 bits per heavy atom. The largest absolute Gasteiger partial charge is 0.444 e. The summed E-state index contributed by atoms with van der Waals surface area (Å²) >= 11 is 1.46. The van der Waals surface area contributed by atoms with E-state index in [4.69, 9.17) is 9.47 Å². The number of carbonyl (C=O) groups is 1. The first-order valence-corrected chi connectivity index (χ1v) is 8.74. The molecule has 1 fully saturated rings. The van der Waals surface area contributed by atoms with Gasteiger partial charge in [-0.15, -0.1) is 11.3 Å². The van der Waals surface area contributed by atoms with Gasteiger partial charge in [0, 0.05) is 13.1 Å². The number of nitrogens with zero attached hydrogens (tertiary/aromatic N) is 3. The van der Waals surface area contributed by atoms with Crippen molar-refractivity contribution in [2.45, 2.75) is 33.3 Å². The van der Waals surface area contributed by atoms with Crippen LogP contribution in [0.4, 0.5) is 15.6 Å². The fourth-order valence-corrected chi connectivity index (χ4v) is 3.48. The van der Waals surface area contributed by atoms with Gasteiger partial charge in [-0.3, -0.25) is 5.32 Å². The number of ether oxygens (including phenoxy) is 2. The number of carbonyl (C=O) groups excluding carboxylic acids is 1. The number of hydrogen-bond donors (Lipinski definition) is 1. The van der Waals surface area contributed by atoms with Crippen molar-refractivity contribution in [1.82, 2.24) is 9.97 Å². The van der Waals surface area contributed by atoms with Gasteiger partial charge in [0.25, 0.3) is 0 Å². The number of amides is 1. The van der Waals surface area contributed by atoms with E-state index in [1.165, 1.54) is 11.3 Å². The third-order valence-corrected chi connectivity index (χ3v) is 4.44. The van der Waals surface area contributed by atoms with Crippen molar-refractivity contribution in [3.05, 3.63) is 11.9 Å². The lowest BCUT2D eigenvalue weighted by atomic mass is 10.2. The number of aromatic nitrogens is 2. The van der Waals surface area contributed by atoms with Crippen molar-refractivity contribution in [2.75, 3.05) is 36.5 Å². The fraction of sp³-hybridized carbons (Fsp3) is 0.562. The molecule has 8 heteroatoms. The van der Waals surface area contributed by atoms with Crippen LogP contribution in [0.15, 0.2) is 6.07 Å². The number of fused-ring (bicyclic) bond motifs is 1. The molecule has 0 unspecified atom stereocenters. The lowest BCUT2D eigenvalue weighted by Gasteiger charge is -2.28. The molecule has 130 valence electrons. The van der Waals surface area contributed by atoms with Gasteiger partial charge in [-0.1, -0.05) is 0 Å². The minimum atomic E-state index is -0.532. The molecule has 2 aromatic rings. The topological polar surface area (TPSA) is 76.6 Å². The average Bonchev–Trinajstić information content (AvgIpc) is 2.87. The molecule has 2 aromatic heterocycles. The Morgan fingerprint density at radius 1 is 1.33 bits per heavy atom. The second-order valence-electron chi connectivity index (χ2n) is 6.65. The Kier molecular flexibility index (Phi) is 4.60. The Bertz CT molecular complexity index is 748. The number of aryl methyl sites for hydroxylation is 1. The quantitative estimate of drug-likeness (QED) is 0.896. The van der Waals surface area contributed by atoms with Crippen molar-refractivity contribution in [3.63, 3.8) is 0 Å². The van der Waals surface area contributed by atoms with E-state index in [1.54, 1.807) is 0 Å². The number of thiophene rings is 1. The molecule has 0 saturated carbocycles. The summed E-state index contributed by atoms with van der Waals surface area (Å²) in [6.07, 6.45) is -0.466. The van der Waals surface area contributed by atoms with Gasteiger partial charge in [0.1, 0.15) is 16.4 Å². The first-order chi connectivity index (χ1) is 11.3. The molecule has 1 saturated heterocycles. The normalized spacial score (nSPS) is 15.6. The zero-order valence-corrected chi connectivity index (χ0v) is 15.2. The highest BCUT2D eigenvalue weighted by molar-refractivity contribution is 7.23. The molecule has 0 radical (unpaired) electrons. The molecule has 1 N–H and O–H groups in total. The second kappa shape index (κ2) is 6.52. The second-order valence-corrected chi connectivity index (χ2v) is 7.70. The smallest absolute Gasteiger partial charge is 0.412 e. The van der Waals surface area contributed by atoms with Crippen LogP contribution < -0.4 is 10.2 Å². The van der Waals surface area contributed by atoms with Crippen molar-refractivity contribution < 1.29 is 14.3 Å². The van der Waals surface area contributed by atoms with E-state index in [9.17, 15) is 4.79 Å². The fourth-order valence-electron chi connectivity index (χ4n) is 2.48. The van der Waals surface area contributed by atoms with Gasteiger partial charge in [0.15, 0.2) is 5.82 Å². The highest BCUT2D eigenvalue weighted by Crippen LogP contribution is 2.35. The third kappa shape index (κ3) is 3.93. The molecule has 0 aromatic carbocycles. The van der Waals surface area contributed by atoms with Crippen molar-refractivity contribution >= 4 is 38.5 Å². The molecule has 0 spiro atoms. The molecule has 24 heavy (non-hydrogen) atoms. The summed E-state index contributed by atoms with van der Waals surface area (Å²) in [4.78, 5) is 23.3. The lowest BCUT2D eigenvalue weighted by molar-refractivity contribution is 0.0636. The van der Waals surface area contributed by atoms with Crippen LogP contribution in [0.2, 0.25) is 0 Å². The van der Waals surface area contributed by atoms with E-state index >= 15 is 0 Å². The maximum atomic E-state index is 12.0. The number of anilines is 2. The molecule has 1 aliphatic rings. The van der Waals surface area contributed by atoms with Crippen LogP contribution in [-0.4, -0.2) is 48.0 Å². The van der Waals surface area contributed by atoms with Crippen LogP contribution in [0.3, 0.4) is 0 Å². The Labute approximate surface area is 145 Å². The molecule has 0 aliphatic carbocycles. The van der Waals surface area contributed by atoms with E-state index in [2.05, 4.69) is 20.2 Å². The summed E-state index contributed by atoms with van der Waals surface area (Å²) in [7, 11) is 0. The van der Waals surface area contributed by atoms with Crippen LogP contribution in [-0.2, 0) is 9.47 Å². The summed E-state index contributed by atoms with van der Waals surface area (Å²) in [5, 5.41) is 3.49. The van der Waals surface area contributed by atoms with Crippen LogP contribution in [0.1, 0.15) is 26.6 Å². The maximum absolute atomic E-state index is 12.0. The summed E-state index contributed by atoms with van der Waals surface area (Å²) in [6, 6.07) is 1.86. The SMILES string of the molecule is Cc1nc(N2CCOCC2)c2sc(NC(=O)OC(C)(C)C)cc2n1. The van der Waals surface area contributed by atoms with Gasteiger partial charge in [-0.05, 0) is 33.8 Å². The Balaban J connectivity index is 1.88. The van der Waals surface area contributed by atoms with Crippen LogP contribution in [0.5, 0.6) is 0 Å². The van der Waals surface area contributed by atoms with Crippen LogP contribution >= 0.6 is 11.3 Å². The minimum Gasteiger partial charge on any atom is -0.444 e. The first kappa shape index (κ1) is 16.9. The summed E-state index contributed by atoms with van der Waals surface area (Å²) < 4.78 is 11.7. The molecule has 1 aliphatic heterocycles. The number of rotatable bonds is 2. The zero-order valence-electron chi connectivity index (χ0n) is 14.4. The Morgan fingerprint density at radius 3 is 2.71 bits per heavy atom. The maximum Gasteiger partial charge on any atom is 0.412 e. The molecular formula is C16H22N4O3S. The summed E-state index contributed by atoms with van der Waals surface area (Å²) in [5.74, 6) is 1.62. The minimum absolute atomic E-state index is 0.466. The Hall–Kier alpha value is -1.93. The van der Waals surface area contributed by atoms with E-state index in [0.717, 1.165) is 29.1 Å². The third-order valence-electron chi connectivity index (χ3n) is 3.40. The standard InChI is InChI=1S/C16H22N4O3S/c1-10-17-11-9-12(19-15(21)23-16(2,3)4)24-13(11)14(18-10)20-5-7-22-8-6-20/h9H,5-8H2,1-4H3,(H,19,21). The van der Waals surface area contributed by atoms with Crippen molar-refractivity contribution in [1.29, 1.82) is 0 Å². The van der Waals surface area contributed by atoms with E-state index < -0.39 is 11.7 Å². The van der Waals surface area contributed by atoms with Gasteiger partial charge in [-0.2, -0.15) is 0 Å². The monoisotopic (exact) mass is 350 g/mol. The van der Waals surface area contributed by atoms with E-state index in [1.807, 2.05) is 33.8 Å². The van der Waals surface area contributed by atoms with Gasteiger partial charge in [0.2, 0.25) is 0 Å². The average molecular weight is 350 g/mol. The predicted octanol–water partition coefficient (Wildman–Crippen LogP) is 3.18. The van der Waals surface area contributed by atoms with Gasteiger partial charge in [-0.25, -0.2) is 14.8 Å². The van der Waals surface area contributed by atoms with Crippen LogP contribution in [0.25, 0.3) is 10.2 Å². The zero-order chi connectivity index (χ0) is 17.3. The van der Waals surface area contributed by atoms with Gasteiger partial charge in [0.05, 0.1) is 23.4 Å². The number of nitrogens with one attached hydrogen (secondary N) is 1. The molecule has 7 nitrogen and oxygen atoms in total. The first-order valence-electron chi connectivity index (χ1n) is 7.93. The van der Waals surface area contributed by atoms with Gasteiger partial charge >= 0.3 is 6.09 Å². The molecule has 0 bridgehead atoms. The summed E-state index contributed by atoms with van der Waals surface area (Å²) in [6.45, 7) is 10.4. The molecule has 3 heterocycles. The molecule has 3 rings (SSSR count). The van der Waals surface area contributed by atoms with Crippen molar-refractivity contribution in [2.24, 2.45) is 0 Å². The highest BCUT2D eigenvalue weighted by Gasteiger charge is 2.21. The van der Waals surface area contributed by atoms with Crippen molar-refractivity contribution in [3.8, 4) is 0 Å². The van der Waals surface area contributed by atoms with E-state index in [-0.39, 0.29) is 0 Å². The van der Waals surface area contributed by atoms with E-state index in [0.29, 0.717) is 24.0 Å². The van der Waals surface area contributed by atoms with Crippen LogP contribution in [0, 0.1) is 6.92 Å². The number of morpholine rings is 1. The summed E-state index contributed by atoms with van der Waals surface area (Å²) in [5.41, 5.74) is 0.302. The lowest BCUT2D eigenvalue weighted by Crippen LogP contribution is -2.36. The predicted molar refractivity (Wildman–Crippen MR) is 95.0 cm³/mol. The highest BCUT2D eigenvalue weighted by atomic mass is 32.1. The molecule has 0 atom stereocenters. The molecular weight excluding hydrogens is 328 g/mol. The van der Waals surface area contributed by atoms with Gasteiger partial charge < -0.3 is 14.4 Å². The number of hydrogen-bond acceptors (Lipinski definition) is 7.